The van der Waals surface area contributed by atoms with Gasteiger partial charge in [0.05, 0.1) is 0 Å². The van der Waals surface area contributed by atoms with Crippen molar-refractivity contribution in [2.75, 3.05) is 0 Å². The van der Waals surface area contributed by atoms with Crippen molar-refractivity contribution in [2.45, 2.75) is 40.0 Å². The van der Waals surface area contributed by atoms with Gasteiger partial charge >= 0.3 is 0 Å². The third kappa shape index (κ3) is 3.36. The molecule has 2 aromatic rings. The summed E-state index contributed by atoms with van der Waals surface area (Å²) in [5.74, 6) is 0.541. The van der Waals surface area contributed by atoms with E-state index in [4.69, 9.17) is 0 Å². The van der Waals surface area contributed by atoms with E-state index in [0.29, 0.717) is 12.3 Å². The van der Waals surface area contributed by atoms with E-state index in [1.807, 2.05) is 0 Å². The summed E-state index contributed by atoms with van der Waals surface area (Å²) in [6.07, 6.45) is 0.616. The summed E-state index contributed by atoms with van der Waals surface area (Å²) in [5, 5.41) is 0. The van der Waals surface area contributed by atoms with Crippen LogP contribution in [-0.4, -0.2) is 5.78 Å². The number of ketones is 1. The molecule has 0 N–H and O–H groups in total. The highest BCUT2D eigenvalue weighted by atomic mass is 16.1. The maximum absolute atomic E-state index is 11.3. The molecule has 0 aliphatic rings. The molecule has 1 nitrogen and oxygen atoms in total. The fraction of sp³-hybridized carbons (Fsp3) is 0.316. The fourth-order valence-corrected chi connectivity index (χ4v) is 2.70. The van der Waals surface area contributed by atoms with E-state index in [2.05, 4.69) is 63.2 Å². The van der Waals surface area contributed by atoms with Gasteiger partial charge in [0, 0.05) is 6.42 Å². The number of carbonyl (C=O) groups is 1. The molecule has 20 heavy (non-hydrogen) atoms. The number of carbonyl (C=O) groups excluding carboxylic acids is 1. The van der Waals surface area contributed by atoms with Gasteiger partial charge in [-0.3, -0.25) is 0 Å². The number of benzene rings is 2. The van der Waals surface area contributed by atoms with E-state index < -0.39 is 0 Å². The zero-order valence-corrected chi connectivity index (χ0v) is 12.7. The number of hydrogen-bond donors (Lipinski definition) is 0. The number of hydrogen-bond acceptors (Lipinski definition) is 1. The first-order chi connectivity index (χ1) is 9.47. The van der Waals surface area contributed by atoms with Crippen LogP contribution in [0.15, 0.2) is 42.5 Å². The molecule has 0 saturated heterocycles. The Hall–Kier alpha value is -1.89. The fourth-order valence-electron chi connectivity index (χ4n) is 2.70. The largest absolute Gasteiger partial charge is 0.300 e. The monoisotopic (exact) mass is 266 g/mol. The van der Waals surface area contributed by atoms with Gasteiger partial charge in [0.1, 0.15) is 5.78 Å². The first-order valence-electron chi connectivity index (χ1n) is 7.14. The van der Waals surface area contributed by atoms with Crippen LogP contribution in [0.1, 0.15) is 42.9 Å². The normalized spacial score (nSPS) is 12.2. The van der Waals surface area contributed by atoms with Gasteiger partial charge in [-0.1, -0.05) is 55.0 Å². The Morgan fingerprint density at radius 1 is 1.00 bits per heavy atom. The molecule has 2 aromatic carbocycles. The molecule has 1 atom stereocenters. The van der Waals surface area contributed by atoms with Gasteiger partial charge < -0.3 is 4.79 Å². The molecule has 0 spiro atoms. The highest BCUT2D eigenvalue weighted by Gasteiger charge is 2.11. The molecular formula is C19H22O. The summed E-state index contributed by atoms with van der Waals surface area (Å²) in [5.41, 5.74) is 6.29. The van der Waals surface area contributed by atoms with Crippen molar-refractivity contribution >= 4 is 5.78 Å². The lowest BCUT2D eigenvalue weighted by molar-refractivity contribution is -0.117. The maximum Gasteiger partial charge on any atom is 0.130 e. The second-order valence-electron chi connectivity index (χ2n) is 5.74. The van der Waals surface area contributed by atoms with E-state index >= 15 is 0 Å². The molecule has 0 heterocycles. The molecule has 0 aliphatic carbocycles. The average Bonchev–Trinajstić information content (AvgIpc) is 2.38. The summed E-state index contributed by atoms with van der Waals surface area (Å²) in [7, 11) is 0. The van der Waals surface area contributed by atoms with E-state index in [0.717, 1.165) is 0 Å². The van der Waals surface area contributed by atoms with Crippen molar-refractivity contribution in [2.24, 2.45) is 0 Å². The van der Waals surface area contributed by atoms with Crippen molar-refractivity contribution in [3.63, 3.8) is 0 Å². The minimum atomic E-state index is 0.250. The molecule has 0 radical (unpaired) electrons. The lowest BCUT2D eigenvalue weighted by Crippen LogP contribution is -2.02. The lowest BCUT2D eigenvalue weighted by atomic mass is 9.90. The second-order valence-corrected chi connectivity index (χ2v) is 5.74. The summed E-state index contributed by atoms with van der Waals surface area (Å²) in [4.78, 5) is 11.3. The molecule has 2 rings (SSSR count). The molecule has 0 bridgehead atoms. The van der Waals surface area contributed by atoms with Gasteiger partial charge in [-0.15, -0.1) is 0 Å². The topological polar surface area (TPSA) is 17.1 Å². The number of Topliss-reactive ketones (excluding diaryl/α,β-unsaturated/α-hetero) is 1. The van der Waals surface area contributed by atoms with Crippen LogP contribution in [0.2, 0.25) is 0 Å². The molecule has 0 aliphatic heterocycles. The minimum absolute atomic E-state index is 0.250. The molecule has 0 amide bonds. The second kappa shape index (κ2) is 6.04. The zero-order chi connectivity index (χ0) is 14.7. The van der Waals surface area contributed by atoms with Crippen molar-refractivity contribution in [3.8, 4) is 11.1 Å². The Morgan fingerprint density at radius 3 is 2.15 bits per heavy atom. The van der Waals surface area contributed by atoms with Crippen molar-refractivity contribution in [3.05, 3.63) is 59.2 Å². The highest BCUT2D eigenvalue weighted by Crippen LogP contribution is 2.28. The Morgan fingerprint density at radius 2 is 1.60 bits per heavy atom. The summed E-state index contributed by atoms with van der Waals surface area (Å²) < 4.78 is 0. The lowest BCUT2D eigenvalue weighted by Gasteiger charge is -2.14. The van der Waals surface area contributed by atoms with Gasteiger partial charge in [-0.2, -0.15) is 0 Å². The SMILES string of the molecule is CC(=O)CC(C)c1ccc(-c2ccc(C)cc2)cc1C. The van der Waals surface area contributed by atoms with Crippen LogP contribution in [0.3, 0.4) is 0 Å². The van der Waals surface area contributed by atoms with Gasteiger partial charge in [0.25, 0.3) is 0 Å². The Kier molecular flexibility index (Phi) is 4.39. The van der Waals surface area contributed by atoms with E-state index in [9.17, 15) is 4.79 Å². The third-order valence-corrected chi connectivity index (χ3v) is 3.78. The van der Waals surface area contributed by atoms with Crippen LogP contribution in [0, 0.1) is 13.8 Å². The minimum Gasteiger partial charge on any atom is -0.300 e. The van der Waals surface area contributed by atoms with Gasteiger partial charge in [-0.05, 0) is 48.9 Å². The van der Waals surface area contributed by atoms with Crippen LogP contribution in [0.4, 0.5) is 0 Å². The zero-order valence-electron chi connectivity index (χ0n) is 12.7. The summed E-state index contributed by atoms with van der Waals surface area (Å²) in [6.45, 7) is 8.01. The van der Waals surface area contributed by atoms with Gasteiger partial charge in [0.2, 0.25) is 0 Å². The quantitative estimate of drug-likeness (QED) is 0.756. The van der Waals surface area contributed by atoms with Crippen molar-refractivity contribution in [1.82, 2.24) is 0 Å². The van der Waals surface area contributed by atoms with E-state index in [1.165, 1.54) is 27.8 Å². The van der Waals surface area contributed by atoms with Crippen LogP contribution < -0.4 is 0 Å². The first-order valence-corrected chi connectivity index (χ1v) is 7.14. The number of aryl methyl sites for hydroxylation is 2. The molecule has 0 aromatic heterocycles. The molecule has 1 heteroatoms. The number of rotatable bonds is 4. The summed E-state index contributed by atoms with van der Waals surface area (Å²) >= 11 is 0. The Bertz CT molecular complexity index is 608. The van der Waals surface area contributed by atoms with Gasteiger partial charge in [0.15, 0.2) is 0 Å². The van der Waals surface area contributed by atoms with E-state index in [-0.39, 0.29) is 5.78 Å². The van der Waals surface area contributed by atoms with Crippen LogP contribution in [0.25, 0.3) is 11.1 Å². The summed E-state index contributed by atoms with van der Waals surface area (Å²) in [6, 6.07) is 15.1. The first kappa shape index (κ1) is 14.5. The highest BCUT2D eigenvalue weighted by molar-refractivity contribution is 5.76. The standard InChI is InChI=1S/C19H22O/c1-13-5-7-17(8-6-13)18-9-10-19(15(3)12-18)14(2)11-16(4)20/h5-10,12,14H,11H2,1-4H3. The smallest absolute Gasteiger partial charge is 0.130 e. The predicted octanol–water partition coefficient (Wildman–Crippen LogP) is 5.05. The van der Waals surface area contributed by atoms with E-state index in [1.54, 1.807) is 6.92 Å². The van der Waals surface area contributed by atoms with Crippen LogP contribution >= 0.6 is 0 Å². The molecule has 104 valence electrons. The van der Waals surface area contributed by atoms with Crippen LogP contribution in [0.5, 0.6) is 0 Å². The maximum atomic E-state index is 11.3. The molecule has 1 unspecified atom stereocenters. The average molecular weight is 266 g/mol. The molecule has 0 fully saturated rings. The Balaban J connectivity index is 2.29. The van der Waals surface area contributed by atoms with Crippen molar-refractivity contribution < 1.29 is 4.79 Å². The Labute approximate surface area is 121 Å². The molecule has 0 saturated carbocycles. The van der Waals surface area contributed by atoms with Crippen molar-refractivity contribution in [1.29, 1.82) is 0 Å². The van der Waals surface area contributed by atoms with Gasteiger partial charge in [-0.25, -0.2) is 0 Å². The third-order valence-electron chi connectivity index (χ3n) is 3.78. The predicted molar refractivity (Wildman–Crippen MR) is 85.1 cm³/mol. The van der Waals surface area contributed by atoms with Crippen LogP contribution in [-0.2, 0) is 4.79 Å². The molecular weight excluding hydrogens is 244 g/mol.